The molecule has 0 saturated carbocycles. The quantitative estimate of drug-likeness (QED) is 0.281. The number of halogens is 2. The van der Waals surface area contributed by atoms with Gasteiger partial charge in [0.15, 0.2) is 5.82 Å². The second-order valence-electron chi connectivity index (χ2n) is 10.5. The molecule has 1 saturated heterocycles. The number of anilines is 2. The lowest BCUT2D eigenvalue weighted by Crippen LogP contribution is -2.37. The van der Waals surface area contributed by atoms with Crippen LogP contribution in [0.5, 0.6) is 0 Å². The molecule has 11 heteroatoms. The zero-order valence-electron chi connectivity index (χ0n) is 21.9. The van der Waals surface area contributed by atoms with E-state index in [4.69, 9.17) is 11.6 Å². The fourth-order valence-corrected chi connectivity index (χ4v) is 7.19. The van der Waals surface area contributed by atoms with E-state index in [1.165, 1.54) is 12.1 Å². The molecule has 0 radical (unpaired) electrons. The van der Waals surface area contributed by atoms with Crippen LogP contribution in [0.1, 0.15) is 36.5 Å². The van der Waals surface area contributed by atoms with Crippen molar-refractivity contribution in [1.82, 2.24) is 14.9 Å². The van der Waals surface area contributed by atoms with Crippen LogP contribution in [0.25, 0.3) is 22.0 Å². The number of nitrogens with zero attached hydrogens (tertiary/aromatic N) is 3. The molecule has 4 aromatic rings. The van der Waals surface area contributed by atoms with E-state index in [2.05, 4.69) is 32.0 Å². The highest BCUT2D eigenvalue weighted by molar-refractivity contribution is 7.92. The Morgan fingerprint density at radius 3 is 2.70 bits per heavy atom. The molecule has 0 spiro atoms. The Balaban J connectivity index is 1.26. The number of nitrogens with one attached hydrogen (secondary N) is 2. The normalized spacial score (nSPS) is 18.1. The zero-order chi connectivity index (χ0) is 28.0. The molecule has 0 amide bonds. The van der Waals surface area contributed by atoms with Crippen molar-refractivity contribution in [3.05, 3.63) is 76.7 Å². The number of benzene rings is 3. The van der Waals surface area contributed by atoms with Crippen molar-refractivity contribution in [3.8, 4) is 11.1 Å². The lowest BCUT2D eigenvalue weighted by molar-refractivity contribution is 0.180. The highest BCUT2D eigenvalue weighted by atomic mass is 35.5. The molecule has 2 heterocycles. The Hall–Kier alpha value is -3.31. The van der Waals surface area contributed by atoms with E-state index < -0.39 is 21.9 Å². The SMILES string of the molecule is CN1CCC(Nc2ncc3cc(-c4cccc(NS(=O)(=O)c5cc(Cl)cc6c5CC[C@H]6O)c4F)ccc3n2)CC1. The molecule has 208 valence electrons. The van der Waals surface area contributed by atoms with Crippen LogP contribution < -0.4 is 10.0 Å². The van der Waals surface area contributed by atoms with Crippen molar-refractivity contribution in [1.29, 1.82) is 0 Å². The number of sulfonamides is 1. The highest BCUT2D eigenvalue weighted by Gasteiger charge is 2.30. The Kier molecular flexibility index (Phi) is 7.12. The molecule has 1 fully saturated rings. The van der Waals surface area contributed by atoms with Gasteiger partial charge in [0, 0.05) is 28.2 Å². The molecule has 1 atom stereocenters. The summed E-state index contributed by atoms with van der Waals surface area (Å²) in [6, 6.07) is 13.2. The summed E-state index contributed by atoms with van der Waals surface area (Å²) in [4.78, 5) is 11.4. The Morgan fingerprint density at radius 2 is 1.90 bits per heavy atom. The third kappa shape index (κ3) is 5.24. The van der Waals surface area contributed by atoms with Gasteiger partial charge in [0.1, 0.15) is 0 Å². The topological polar surface area (TPSA) is 107 Å². The predicted octanol–water partition coefficient (Wildman–Crippen LogP) is 5.38. The fraction of sp³-hybridized carbons (Fsp3) is 0.310. The molecule has 0 bridgehead atoms. The van der Waals surface area contributed by atoms with Crippen molar-refractivity contribution in [2.45, 2.75) is 42.7 Å². The fourth-order valence-electron chi connectivity index (χ4n) is 5.51. The van der Waals surface area contributed by atoms with Crippen LogP contribution in [0.4, 0.5) is 16.0 Å². The van der Waals surface area contributed by atoms with E-state index in [0.29, 0.717) is 41.5 Å². The van der Waals surface area contributed by atoms with Crippen LogP contribution in [0.3, 0.4) is 0 Å². The van der Waals surface area contributed by atoms with Crippen molar-refractivity contribution in [3.63, 3.8) is 0 Å². The molecular formula is C29H29ClFN5O3S. The maximum atomic E-state index is 15.7. The first-order chi connectivity index (χ1) is 19.2. The van der Waals surface area contributed by atoms with Crippen molar-refractivity contribution >= 4 is 44.2 Å². The van der Waals surface area contributed by atoms with E-state index in [1.54, 1.807) is 36.5 Å². The minimum atomic E-state index is -4.18. The number of aromatic nitrogens is 2. The van der Waals surface area contributed by atoms with E-state index >= 15 is 4.39 Å². The minimum absolute atomic E-state index is 0.0520. The summed E-state index contributed by atoms with van der Waals surface area (Å²) >= 11 is 6.16. The first kappa shape index (κ1) is 26.9. The van der Waals surface area contributed by atoms with Gasteiger partial charge in [0.05, 0.1) is 22.2 Å². The largest absolute Gasteiger partial charge is 0.388 e. The number of aliphatic hydroxyl groups is 1. The Bertz CT molecular complexity index is 1710. The lowest BCUT2D eigenvalue weighted by atomic mass is 10.0. The number of fused-ring (bicyclic) bond motifs is 2. The van der Waals surface area contributed by atoms with Gasteiger partial charge in [-0.05, 0) is 92.8 Å². The van der Waals surface area contributed by atoms with Gasteiger partial charge in [-0.3, -0.25) is 4.72 Å². The molecule has 6 rings (SSSR count). The second kappa shape index (κ2) is 10.6. The van der Waals surface area contributed by atoms with Crippen molar-refractivity contribution in [2.75, 3.05) is 30.2 Å². The van der Waals surface area contributed by atoms with Crippen molar-refractivity contribution in [2.24, 2.45) is 0 Å². The second-order valence-corrected chi connectivity index (χ2v) is 12.6. The van der Waals surface area contributed by atoms with Gasteiger partial charge in [-0.2, -0.15) is 0 Å². The van der Waals surface area contributed by atoms with Gasteiger partial charge < -0.3 is 15.3 Å². The molecule has 8 nitrogen and oxygen atoms in total. The van der Waals surface area contributed by atoms with Gasteiger partial charge in [0.25, 0.3) is 10.0 Å². The average molecular weight is 582 g/mol. The minimum Gasteiger partial charge on any atom is -0.388 e. The summed E-state index contributed by atoms with van der Waals surface area (Å²) in [5, 5.41) is 14.6. The number of hydrogen-bond donors (Lipinski definition) is 3. The lowest BCUT2D eigenvalue weighted by Gasteiger charge is -2.29. The van der Waals surface area contributed by atoms with Crippen LogP contribution in [0.15, 0.2) is 59.6 Å². The predicted molar refractivity (Wildman–Crippen MR) is 155 cm³/mol. The first-order valence-electron chi connectivity index (χ1n) is 13.2. The van der Waals surface area contributed by atoms with Gasteiger partial charge in [-0.25, -0.2) is 22.8 Å². The summed E-state index contributed by atoms with van der Waals surface area (Å²) in [5.74, 6) is -0.136. The molecule has 40 heavy (non-hydrogen) atoms. The molecule has 3 N–H and O–H groups in total. The molecule has 0 unspecified atom stereocenters. The summed E-state index contributed by atoms with van der Waals surface area (Å²) in [7, 11) is -2.06. The van der Waals surface area contributed by atoms with Crippen LogP contribution >= 0.6 is 11.6 Å². The number of rotatable bonds is 6. The first-order valence-corrected chi connectivity index (χ1v) is 15.1. The summed E-state index contributed by atoms with van der Waals surface area (Å²) in [6.07, 6.45) is 3.78. The van der Waals surface area contributed by atoms with E-state index in [1.807, 2.05) is 6.07 Å². The number of hydrogen-bond acceptors (Lipinski definition) is 7. The molecule has 1 aliphatic carbocycles. The molecular weight excluding hydrogens is 553 g/mol. The monoisotopic (exact) mass is 581 g/mol. The third-order valence-corrected chi connectivity index (χ3v) is 9.36. The standard InChI is InChI=1S/C29H29ClFN5O3S/c1-36-11-9-20(10-12-36)33-29-32-16-18-13-17(5-7-24(18)34-29)21-3-2-4-25(28(21)31)35-40(38,39)27-15-19(30)14-23-22(27)6-8-26(23)37/h2-5,7,13-16,20,26,35,37H,6,8-12H2,1H3,(H,32,33,34)/t26-/m1/s1. The Labute approximate surface area is 237 Å². The van der Waals surface area contributed by atoms with E-state index in [-0.39, 0.29) is 21.2 Å². The van der Waals surface area contributed by atoms with Gasteiger partial charge in [0.2, 0.25) is 5.95 Å². The molecule has 3 aromatic carbocycles. The molecule has 1 aliphatic heterocycles. The van der Waals surface area contributed by atoms with E-state index in [9.17, 15) is 13.5 Å². The third-order valence-electron chi connectivity index (χ3n) is 7.71. The maximum Gasteiger partial charge on any atom is 0.262 e. The van der Waals surface area contributed by atoms with Crippen LogP contribution in [0.2, 0.25) is 5.02 Å². The zero-order valence-corrected chi connectivity index (χ0v) is 23.4. The molecule has 1 aromatic heterocycles. The van der Waals surface area contributed by atoms with Gasteiger partial charge in [-0.1, -0.05) is 29.8 Å². The van der Waals surface area contributed by atoms with Gasteiger partial charge in [-0.15, -0.1) is 0 Å². The number of piperidine rings is 1. The smallest absolute Gasteiger partial charge is 0.262 e. The number of aliphatic hydroxyl groups excluding tert-OH is 1. The summed E-state index contributed by atoms with van der Waals surface area (Å²) in [5.41, 5.74) is 2.34. The van der Waals surface area contributed by atoms with Crippen LogP contribution in [-0.4, -0.2) is 54.6 Å². The van der Waals surface area contributed by atoms with Crippen molar-refractivity contribution < 1.29 is 17.9 Å². The van der Waals surface area contributed by atoms with Crippen LogP contribution in [0, 0.1) is 5.82 Å². The summed E-state index contributed by atoms with van der Waals surface area (Å²) < 4.78 is 44.8. The Morgan fingerprint density at radius 1 is 1.10 bits per heavy atom. The van der Waals surface area contributed by atoms with Crippen LogP contribution in [-0.2, 0) is 16.4 Å². The van der Waals surface area contributed by atoms with E-state index in [0.717, 1.165) is 36.8 Å². The maximum absolute atomic E-state index is 15.7. The van der Waals surface area contributed by atoms with Gasteiger partial charge >= 0.3 is 0 Å². The summed E-state index contributed by atoms with van der Waals surface area (Å²) in [6.45, 7) is 2.06. The highest BCUT2D eigenvalue weighted by Crippen LogP contribution is 2.38. The average Bonchev–Trinajstić information content (AvgIpc) is 3.30. The molecule has 2 aliphatic rings. The number of likely N-dealkylation sites (tertiary alicyclic amines) is 1.